The predicted octanol–water partition coefficient (Wildman–Crippen LogP) is 1.04. The lowest BCUT2D eigenvalue weighted by molar-refractivity contribution is 0.618. The quantitative estimate of drug-likeness (QED) is 0.855. The van der Waals surface area contributed by atoms with Crippen LogP contribution < -0.4 is 10.9 Å². The van der Waals surface area contributed by atoms with Crippen LogP contribution in [0.3, 0.4) is 0 Å². The molecule has 0 bridgehead atoms. The number of hydrogen-bond donors (Lipinski definition) is 1. The van der Waals surface area contributed by atoms with E-state index in [1.807, 2.05) is 26.1 Å². The van der Waals surface area contributed by atoms with E-state index in [9.17, 15) is 4.79 Å². The van der Waals surface area contributed by atoms with Crippen LogP contribution in [0.25, 0.3) is 0 Å². The molecule has 5 heteroatoms. The molecule has 17 heavy (non-hydrogen) atoms. The first-order valence-electron chi connectivity index (χ1n) is 5.36. The van der Waals surface area contributed by atoms with Crippen molar-refractivity contribution in [3.05, 3.63) is 52.2 Å². The smallest absolute Gasteiger partial charge is 0.267 e. The van der Waals surface area contributed by atoms with Crippen LogP contribution >= 0.6 is 0 Å². The molecule has 0 aliphatic heterocycles. The molecule has 0 aliphatic carbocycles. The van der Waals surface area contributed by atoms with Crippen LogP contribution in [0, 0.1) is 6.92 Å². The molecule has 0 aliphatic rings. The number of nitrogens with zero attached hydrogens (tertiary/aromatic N) is 3. The molecule has 0 saturated carbocycles. The molecule has 0 aromatic carbocycles. The monoisotopic (exact) mass is 230 g/mol. The van der Waals surface area contributed by atoms with Gasteiger partial charge in [0, 0.05) is 25.0 Å². The lowest BCUT2D eigenvalue weighted by atomic mass is 10.3. The molecular formula is C12H14N4O. The van der Waals surface area contributed by atoms with Gasteiger partial charge in [-0.25, -0.2) is 4.68 Å². The maximum atomic E-state index is 11.6. The van der Waals surface area contributed by atoms with Crippen molar-refractivity contribution >= 4 is 5.69 Å². The van der Waals surface area contributed by atoms with Crippen LogP contribution in [0.1, 0.15) is 11.4 Å². The third-order valence-electron chi connectivity index (χ3n) is 2.42. The molecule has 0 unspecified atom stereocenters. The average molecular weight is 230 g/mol. The largest absolute Gasteiger partial charge is 0.388 e. The number of pyridine rings is 1. The average Bonchev–Trinajstić information content (AvgIpc) is 2.34. The maximum absolute atomic E-state index is 11.6. The fraction of sp³-hybridized carbons (Fsp3) is 0.250. The van der Waals surface area contributed by atoms with Crippen LogP contribution in [0.5, 0.6) is 0 Å². The lowest BCUT2D eigenvalue weighted by Gasteiger charge is -2.06. The number of anilines is 1. The van der Waals surface area contributed by atoms with Crippen molar-refractivity contribution < 1.29 is 0 Å². The van der Waals surface area contributed by atoms with Crippen molar-refractivity contribution in [2.24, 2.45) is 0 Å². The van der Waals surface area contributed by atoms with Crippen LogP contribution in [0.2, 0.25) is 0 Å². The van der Waals surface area contributed by atoms with Crippen molar-refractivity contribution in [2.45, 2.75) is 13.5 Å². The van der Waals surface area contributed by atoms with Gasteiger partial charge in [-0.05, 0) is 25.1 Å². The summed E-state index contributed by atoms with van der Waals surface area (Å²) < 4.78 is 1.41. The van der Waals surface area contributed by atoms with E-state index in [1.165, 1.54) is 10.7 Å². The highest BCUT2D eigenvalue weighted by molar-refractivity contribution is 5.42. The molecule has 2 rings (SSSR count). The number of aryl methyl sites for hydroxylation is 1. The Labute approximate surface area is 99.1 Å². The molecular weight excluding hydrogens is 216 g/mol. The molecule has 2 heterocycles. The summed E-state index contributed by atoms with van der Waals surface area (Å²) in [5.41, 5.74) is 2.47. The Balaban J connectivity index is 2.31. The molecule has 2 aromatic heterocycles. The minimum Gasteiger partial charge on any atom is -0.388 e. The topological polar surface area (TPSA) is 59.8 Å². The first-order valence-corrected chi connectivity index (χ1v) is 5.36. The second-order valence-electron chi connectivity index (χ2n) is 3.76. The van der Waals surface area contributed by atoms with Gasteiger partial charge in [-0.1, -0.05) is 0 Å². The molecule has 0 fully saturated rings. The normalized spacial score (nSPS) is 10.2. The Bertz CT molecular complexity index is 577. The van der Waals surface area contributed by atoms with Gasteiger partial charge in [0.1, 0.15) is 0 Å². The summed E-state index contributed by atoms with van der Waals surface area (Å²) in [4.78, 5) is 15.8. The standard InChI is InChI=1S/C12H14N4O/c1-9-3-4-12(17)16(15-9)8-11-7-10(13-2)5-6-14-11/h3-7H,8H2,1-2H3,(H,13,14). The van der Waals surface area contributed by atoms with Gasteiger partial charge in [-0.15, -0.1) is 0 Å². The first kappa shape index (κ1) is 11.3. The van der Waals surface area contributed by atoms with Crippen molar-refractivity contribution in [1.29, 1.82) is 0 Å². The van der Waals surface area contributed by atoms with E-state index in [4.69, 9.17) is 0 Å². The summed E-state index contributed by atoms with van der Waals surface area (Å²) in [6, 6.07) is 6.99. The van der Waals surface area contributed by atoms with Crippen molar-refractivity contribution in [3.63, 3.8) is 0 Å². The SMILES string of the molecule is CNc1ccnc(Cn2nc(C)ccc2=O)c1. The highest BCUT2D eigenvalue weighted by atomic mass is 16.1. The summed E-state index contributed by atoms with van der Waals surface area (Å²) in [5.74, 6) is 0. The Hall–Kier alpha value is -2.17. The van der Waals surface area contributed by atoms with Crippen LogP contribution in [-0.2, 0) is 6.54 Å². The molecule has 1 N–H and O–H groups in total. The van der Waals surface area contributed by atoms with Crippen molar-refractivity contribution in [1.82, 2.24) is 14.8 Å². The zero-order valence-corrected chi connectivity index (χ0v) is 9.84. The maximum Gasteiger partial charge on any atom is 0.267 e. The molecule has 2 aromatic rings. The van der Waals surface area contributed by atoms with E-state index in [0.29, 0.717) is 6.54 Å². The Morgan fingerprint density at radius 2 is 2.18 bits per heavy atom. The highest BCUT2D eigenvalue weighted by Crippen LogP contribution is 2.07. The molecule has 0 amide bonds. The predicted molar refractivity (Wildman–Crippen MR) is 66.1 cm³/mol. The summed E-state index contributed by atoms with van der Waals surface area (Å²) in [7, 11) is 1.84. The van der Waals surface area contributed by atoms with Gasteiger partial charge >= 0.3 is 0 Å². The number of hydrogen-bond acceptors (Lipinski definition) is 4. The van der Waals surface area contributed by atoms with Crippen molar-refractivity contribution in [3.8, 4) is 0 Å². The van der Waals surface area contributed by atoms with E-state index < -0.39 is 0 Å². The highest BCUT2D eigenvalue weighted by Gasteiger charge is 2.01. The van der Waals surface area contributed by atoms with Gasteiger partial charge in [0.2, 0.25) is 0 Å². The van der Waals surface area contributed by atoms with Crippen LogP contribution in [-0.4, -0.2) is 21.8 Å². The molecule has 88 valence electrons. The number of nitrogens with one attached hydrogen (secondary N) is 1. The molecule has 0 atom stereocenters. The fourth-order valence-electron chi connectivity index (χ4n) is 1.54. The second-order valence-corrected chi connectivity index (χ2v) is 3.76. The van der Waals surface area contributed by atoms with E-state index in [-0.39, 0.29) is 5.56 Å². The third kappa shape index (κ3) is 2.69. The zero-order chi connectivity index (χ0) is 12.3. The van der Waals surface area contributed by atoms with E-state index in [0.717, 1.165) is 17.1 Å². The summed E-state index contributed by atoms with van der Waals surface area (Å²) in [6.45, 7) is 2.24. The van der Waals surface area contributed by atoms with Gasteiger partial charge in [0.05, 0.1) is 17.9 Å². The third-order valence-corrected chi connectivity index (χ3v) is 2.42. The number of rotatable bonds is 3. The second kappa shape index (κ2) is 4.78. The summed E-state index contributed by atoms with van der Waals surface area (Å²) in [5, 5.41) is 7.20. The Kier molecular flexibility index (Phi) is 3.18. The van der Waals surface area contributed by atoms with E-state index in [1.54, 1.807) is 12.3 Å². The molecule has 0 radical (unpaired) electrons. The molecule has 0 saturated heterocycles. The van der Waals surface area contributed by atoms with Gasteiger partial charge in [-0.2, -0.15) is 5.10 Å². The van der Waals surface area contributed by atoms with Crippen LogP contribution in [0.4, 0.5) is 5.69 Å². The van der Waals surface area contributed by atoms with Crippen molar-refractivity contribution in [2.75, 3.05) is 12.4 Å². The van der Waals surface area contributed by atoms with Gasteiger partial charge in [0.15, 0.2) is 0 Å². The lowest BCUT2D eigenvalue weighted by Crippen LogP contribution is -2.23. The Morgan fingerprint density at radius 1 is 1.35 bits per heavy atom. The summed E-state index contributed by atoms with van der Waals surface area (Å²) >= 11 is 0. The van der Waals surface area contributed by atoms with Gasteiger partial charge in [-0.3, -0.25) is 9.78 Å². The van der Waals surface area contributed by atoms with E-state index in [2.05, 4.69) is 15.4 Å². The molecule has 5 nitrogen and oxygen atoms in total. The molecule has 0 spiro atoms. The Morgan fingerprint density at radius 3 is 2.94 bits per heavy atom. The van der Waals surface area contributed by atoms with E-state index >= 15 is 0 Å². The minimum absolute atomic E-state index is 0.118. The zero-order valence-electron chi connectivity index (χ0n) is 9.84. The van der Waals surface area contributed by atoms with Crippen LogP contribution in [0.15, 0.2) is 35.3 Å². The fourth-order valence-corrected chi connectivity index (χ4v) is 1.54. The van der Waals surface area contributed by atoms with Gasteiger partial charge < -0.3 is 5.32 Å². The summed E-state index contributed by atoms with van der Waals surface area (Å²) in [6.07, 6.45) is 1.71. The number of aromatic nitrogens is 3. The minimum atomic E-state index is -0.118. The first-order chi connectivity index (χ1) is 8.19. The van der Waals surface area contributed by atoms with Gasteiger partial charge in [0.25, 0.3) is 5.56 Å².